The number of nitrogens with zero attached hydrogens (tertiary/aromatic N) is 2. The number of piperidine rings is 1. The van der Waals surface area contributed by atoms with Crippen LogP contribution in [0.1, 0.15) is 46.0 Å². The van der Waals surface area contributed by atoms with Gasteiger partial charge >= 0.3 is 0 Å². The molecule has 0 bridgehead atoms. The molecule has 3 heteroatoms. The van der Waals surface area contributed by atoms with Gasteiger partial charge in [0.05, 0.1) is 5.71 Å². The van der Waals surface area contributed by atoms with Gasteiger partial charge in [0, 0.05) is 32.0 Å². The maximum Gasteiger partial charge on any atom is 0.0596 e. The predicted molar refractivity (Wildman–Crippen MR) is 66.0 cm³/mol. The maximum atomic E-state index is 8.74. The van der Waals surface area contributed by atoms with Crippen LogP contribution < -0.4 is 0 Å². The third-order valence-electron chi connectivity index (χ3n) is 4.19. The van der Waals surface area contributed by atoms with Crippen LogP contribution in [0.15, 0.2) is 5.16 Å². The molecule has 0 aromatic rings. The molecule has 1 aliphatic heterocycles. The summed E-state index contributed by atoms with van der Waals surface area (Å²) in [5.74, 6) is 1.75. The van der Waals surface area contributed by atoms with E-state index < -0.39 is 0 Å². The van der Waals surface area contributed by atoms with E-state index in [9.17, 15) is 0 Å². The number of hydrogen-bond acceptors (Lipinski definition) is 3. The van der Waals surface area contributed by atoms with E-state index in [2.05, 4.69) is 23.9 Å². The van der Waals surface area contributed by atoms with Crippen LogP contribution in [-0.2, 0) is 0 Å². The zero-order valence-corrected chi connectivity index (χ0v) is 10.5. The van der Waals surface area contributed by atoms with Crippen LogP contribution in [-0.4, -0.2) is 35.0 Å². The molecule has 2 aliphatic rings. The van der Waals surface area contributed by atoms with E-state index in [-0.39, 0.29) is 0 Å². The smallest absolute Gasteiger partial charge is 0.0596 e. The molecule has 2 rings (SSSR count). The summed E-state index contributed by atoms with van der Waals surface area (Å²) in [5, 5.41) is 12.1. The summed E-state index contributed by atoms with van der Waals surface area (Å²) in [5.41, 5.74) is 0.980. The second kappa shape index (κ2) is 5.17. The van der Waals surface area contributed by atoms with Crippen molar-refractivity contribution >= 4 is 5.71 Å². The summed E-state index contributed by atoms with van der Waals surface area (Å²) in [6, 6.07) is 0.777. The molecule has 0 aromatic carbocycles. The lowest BCUT2D eigenvalue weighted by atomic mass is 9.79. The second-order valence-electron chi connectivity index (χ2n) is 5.77. The van der Waals surface area contributed by atoms with E-state index in [4.69, 9.17) is 5.21 Å². The molecular weight excluding hydrogens is 200 g/mol. The van der Waals surface area contributed by atoms with Gasteiger partial charge in [-0.1, -0.05) is 19.0 Å². The monoisotopic (exact) mass is 224 g/mol. The third-order valence-corrected chi connectivity index (χ3v) is 4.19. The van der Waals surface area contributed by atoms with Crippen LogP contribution in [0.2, 0.25) is 0 Å². The zero-order valence-electron chi connectivity index (χ0n) is 10.5. The second-order valence-corrected chi connectivity index (χ2v) is 5.77. The van der Waals surface area contributed by atoms with Crippen molar-refractivity contribution in [2.45, 2.75) is 52.0 Å². The molecule has 0 aromatic heterocycles. The summed E-state index contributed by atoms with van der Waals surface area (Å²) in [7, 11) is 0. The van der Waals surface area contributed by atoms with Gasteiger partial charge < -0.3 is 5.21 Å². The molecule has 92 valence electrons. The first-order valence-electron chi connectivity index (χ1n) is 6.63. The fourth-order valence-corrected chi connectivity index (χ4v) is 3.45. The minimum atomic E-state index is 0.777. The van der Waals surface area contributed by atoms with Gasteiger partial charge in [-0.15, -0.1) is 0 Å². The van der Waals surface area contributed by atoms with E-state index in [1.807, 2.05) is 0 Å². The van der Waals surface area contributed by atoms with Crippen molar-refractivity contribution in [2.24, 2.45) is 17.0 Å². The Balaban J connectivity index is 1.88. The van der Waals surface area contributed by atoms with Crippen LogP contribution in [0.25, 0.3) is 0 Å². The minimum absolute atomic E-state index is 0.777. The molecular formula is C13H24N2O. The van der Waals surface area contributed by atoms with Crippen molar-refractivity contribution in [3.63, 3.8) is 0 Å². The molecule has 1 saturated carbocycles. The van der Waals surface area contributed by atoms with Gasteiger partial charge in [0.2, 0.25) is 0 Å². The molecule has 2 fully saturated rings. The molecule has 2 unspecified atom stereocenters. The van der Waals surface area contributed by atoms with Crippen LogP contribution in [0.4, 0.5) is 0 Å². The molecule has 16 heavy (non-hydrogen) atoms. The molecule has 0 radical (unpaired) electrons. The normalized spacial score (nSPS) is 37.4. The Hall–Kier alpha value is -0.570. The molecule has 3 nitrogen and oxygen atoms in total. The lowest BCUT2D eigenvalue weighted by Gasteiger charge is -2.41. The van der Waals surface area contributed by atoms with E-state index >= 15 is 0 Å². The minimum Gasteiger partial charge on any atom is -0.411 e. The standard InChI is InChI=1S/C13H24N2O/c1-10-7-11(2)9-13(8-10)15-5-3-12(14-16)4-6-15/h10-11,13,16H,3-9H2,1-2H3. The Morgan fingerprint density at radius 1 is 1.06 bits per heavy atom. The lowest BCUT2D eigenvalue weighted by Crippen LogP contribution is -2.44. The summed E-state index contributed by atoms with van der Waals surface area (Å²) in [4.78, 5) is 2.61. The Kier molecular flexibility index (Phi) is 3.85. The fourth-order valence-electron chi connectivity index (χ4n) is 3.45. The molecule has 0 amide bonds. The molecule has 2 atom stereocenters. The summed E-state index contributed by atoms with van der Waals surface area (Å²) >= 11 is 0. The summed E-state index contributed by atoms with van der Waals surface area (Å²) in [6.45, 7) is 6.94. The van der Waals surface area contributed by atoms with E-state index in [1.165, 1.54) is 19.3 Å². The molecule has 1 heterocycles. The van der Waals surface area contributed by atoms with Crippen molar-refractivity contribution in [1.82, 2.24) is 4.90 Å². The average molecular weight is 224 g/mol. The van der Waals surface area contributed by atoms with Gasteiger partial charge in [0.15, 0.2) is 0 Å². The first-order chi connectivity index (χ1) is 7.69. The largest absolute Gasteiger partial charge is 0.411 e. The Morgan fingerprint density at radius 2 is 1.62 bits per heavy atom. The Bertz CT molecular complexity index is 245. The molecule has 0 spiro atoms. The van der Waals surface area contributed by atoms with Gasteiger partial charge in [0.25, 0.3) is 0 Å². The highest BCUT2D eigenvalue weighted by Crippen LogP contribution is 2.32. The molecule has 1 aliphatic carbocycles. The topological polar surface area (TPSA) is 35.8 Å². The SMILES string of the molecule is CC1CC(C)CC(N2CCC(=NO)CC2)C1. The number of likely N-dealkylation sites (tertiary alicyclic amines) is 1. The zero-order chi connectivity index (χ0) is 11.5. The van der Waals surface area contributed by atoms with Crippen molar-refractivity contribution in [3.8, 4) is 0 Å². The molecule has 1 N–H and O–H groups in total. The summed E-state index contributed by atoms with van der Waals surface area (Å²) in [6.07, 6.45) is 6.02. The highest BCUT2D eigenvalue weighted by atomic mass is 16.4. The van der Waals surface area contributed by atoms with Crippen molar-refractivity contribution in [1.29, 1.82) is 0 Å². The lowest BCUT2D eigenvalue weighted by molar-refractivity contribution is 0.108. The van der Waals surface area contributed by atoms with Crippen molar-refractivity contribution in [3.05, 3.63) is 0 Å². The predicted octanol–water partition coefficient (Wildman–Crippen LogP) is 2.74. The summed E-state index contributed by atoms with van der Waals surface area (Å²) < 4.78 is 0. The van der Waals surface area contributed by atoms with Crippen LogP contribution in [0.3, 0.4) is 0 Å². The van der Waals surface area contributed by atoms with Crippen LogP contribution in [0.5, 0.6) is 0 Å². The van der Waals surface area contributed by atoms with Crippen LogP contribution in [0, 0.1) is 11.8 Å². The highest BCUT2D eigenvalue weighted by molar-refractivity contribution is 5.84. The molecule has 1 saturated heterocycles. The Morgan fingerprint density at radius 3 is 2.12 bits per heavy atom. The van der Waals surface area contributed by atoms with Crippen molar-refractivity contribution < 1.29 is 5.21 Å². The number of rotatable bonds is 1. The highest BCUT2D eigenvalue weighted by Gasteiger charge is 2.29. The van der Waals surface area contributed by atoms with Gasteiger partial charge in [0.1, 0.15) is 0 Å². The quantitative estimate of drug-likeness (QED) is 0.549. The van der Waals surface area contributed by atoms with E-state index in [0.717, 1.165) is 49.5 Å². The first-order valence-corrected chi connectivity index (χ1v) is 6.63. The average Bonchev–Trinajstić information content (AvgIpc) is 2.28. The van der Waals surface area contributed by atoms with Gasteiger partial charge in [-0.2, -0.15) is 0 Å². The van der Waals surface area contributed by atoms with Gasteiger partial charge in [-0.05, 0) is 31.1 Å². The van der Waals surface area contributed by atoms with E-state index in [0.29, 0.717) is 0 Å². The first kappa shape index (κ1) is 11.9. The maximum absolute atomic E-state index is 8.74. The van der Waals surface area contributed by atoms with E-state index in [1.54, 1.807) is 0 Å². The number of hydrogen-bond donors (Lipinski definition) is 1. The third kappa shape index (κ3) is 2.76. The fraction of sp³-hybridized carbons (Fsp3) is 0.923. The Labute approximate surface area is 98.5 Å². The number of oxime groups is 1. The van der Waals surface area contributed by atoms with Crippen LogP contribution >= 0.6 is 0 Å². The van der Waals surface area contributed by atoms with Gasteiger partial charge in [-0.25, -0.2) is 0 Å². The van der Waals surface area contributed by atoms with Gasteiger partial charge in [-0.3, -0.25) is 4.90 Å². The van der Waals surface area contributed by atoms with Crippen molar-refractivity contribution in [2.75, 3.05) is 13.1 Å².